The van der Waals surface area contributed by atoms with Gasteiger partial charge in [0.25, 0.3) is 0 Å². The van der Waals surface area contributed by atoms with Gasteiger partial charge in [-0.15, -0.1) is 0 Å². The molecule has 0 bridgehead atoms. The zero-order valence-corrected chi connectivity index (χ0v) is 12.3. The lowest BCUT2D eigenvalue weighted by molar-refractivity contribution is -0.132. The van der Waals surface area contributed by atoms with Gasteiger partial charge in [-0.05, 0) is 10.8 Å². The van der Waals surface area contributed by atoms with Gasteiger partial charge in [-0.2, -0.15) is 0 Å². The van der Waals surface area contributed by atoms with E-state index in [4.69, 9.17) is 5.11 Å². The molecule has 0 saturated heterocycles. The fourth-order valence-electron chi connectivity index (χ4n) is 1.60. The molecule has 0 atom stereocenters. The van der Waals surface area contributed by atoms with E-state index in [1.165, 1.54) is 0 Å². The van der Waals surface area contributed by atoms with Crippen LogP contribution in [0.1, 0.15) is 41.5 Å². The molecule has 0 heterocycles. The molecule has 1 amide bonds. The van der Waals surface area contributed by atoms with Gasteiger partial charge in [-0.1, -0.05) is 41.5 Å². The number of aliphatic carboxylic acids is 1. The van der Waals surface area contributed by atoms with Crippen molar-refractivity contribution in [1.29, 1.82) is 0 Å². The van der Waals surface area contributed by atoms with Crippen LogP contribution >= 0.6 is 0 Å². The minimum absolute atomic E-state index is 0.0159. The van der Waals surface area contributed by atoms with E-state index in [2.05, 4.69) is 41.5 Å². The first-order valence-corrected chi connectivity index (χ1v) is 6.11. The van der Waals surface area contributed by atoms with Crippen LogP contribution in [-0.4, -0.2) is 35.0 Å². The number of carbonyl (C=O) groups is 2. The highest BCUT2D eigenvalue weighted by Gasteiger charge is 2.24. The molecule has 0 aromatic carbocycles. The summed E-state index contributed by atoms with van der Waals surface area (Å²) in [6.07, 6.45) is 2.01. The van der Waals surface area contributed by atoms with E-state index in [0.29, 0.717) is 13.1 Å². The number of carboxylic acids is 1. The number of amides is 1. The first-order chi connectivity index (χ1) is 7.91. The predicted molar refractivity (Wildman–Crippen MR) is 72.3 cm³/mol. The van der Waals surface area contributed by atoms with Crippen molar-refractivity contribution < 1.29 is 14.7 Å². The van der Waals surface area contributed by atoms with Crippen LogP contribution in [0.3, 0.4) is 0 Å². The van der Waals surface area contributed by atoms with E-state index in [0.717, 1.165) is 12.2 Å². The molecule has 0 aliphatic rings. The Kier molecular flexibility index (Phi) is 5.58. The number of hydrogen-bond donors (Lipinski definition) is 1. The van der Waals surface area contributed by atoms with Crippen LogP contribution in [-0.2, 0) is 9.59 Å². The topological polar surface area (TPSA) is 57.6 Å². The molecule has 4 nitrogen and oxygen atoms in total. The van der Waals surface area contributed by atoms with Crippen LogP contribution in [0.25, 0.3) is 0 Å². The van der Waals surface area contributed by atoms with E-state index < -0.39 is 5.97 Å². The molecule has 0 rings (SSSR count). The van der Waals surface area contributed by atoms with Crippen LogP contribution in [0.15, 0.2) is 12.2 Å². The number of nitrogens with zero attached hydrogens (tertiary/aromatic N) is 1. The van der Waals surface area contributed by atoms with Crippen molar-refractivity contribution in [2.45, 2.75) is 41.5 Å². The van der Waals surface area contributed by atoms with Gasteiger partial charge in [0.15, 0.2) is 0 Å². The van der Waals surface area contributed by atoms with Gasteiger partial charge in [-0.3, -0.25) is 4.79 Å². The Hall–Kier alpha value is -1.32. The van der Waals surface area contributed by atoms with Crippen molar-refractivity contribution in [2.75, 3.05) is 13.1 Å². The highest BCUT2D eigenvalue weighted by Crippen LogP contribution is 2.21. The van der Waals surface area contributed by atoms with Crippen LogP contribution < -0.4 is 0 Å². The maximum Gasteiger partial charge on any atom is 0.328 e. The van der Waals surface area contributed by atoms with Crippen LogP contribution in [0.5, 0.6) is 0 Å². The summed E-state index contributed by atoms with van der Waals surface area (Å²) in [5, 5.41) is 8.55. The highest BCUT2D eigenvalue weighted by atomic mass is 16.4. The summed E-state index contributed by atoms with van der Waals surface area (Å²) >= 11 is 0. The van der Waals surface area contributed by atoms with E-state index in [-0.39, 0.29) is 16.7 Å². The average molecular weight is 255 g/mol. The smallest absolute Gasteiger partial charge is 0.328 e. The van der Waals surface area contributed by atoms with Gasteiger partial charge in [0.1, 0.15) is 0 Å². The summed E-state index contributed by atoms with van der Waals surface area (Å²) < 4.78 is 0. The Bertz CT molecular complexity index is 316. The van der Waals surface area contributed by atoms with Crippen molar-refractivity contribution in [2.24, 2.45) is 10.8 Å². The minimum atomic E-state index is -1.10. The van der Waals surface area contributed by atoms with Gasteiger partial charge in [0, 0.05) is 25.2 Å². The Labute approximate surface area is 110 Å². The molecule has 0 aliphatic carbocycles. The molecule has 0 aromatic heterocycles. The molecule has 4 heteroatoms. The second-order valence-corrected chi connectivity index (χ2v) is 6.99. The van der Waals surface area contributed by atoms with Crippen molar-refractivity contribution >= 4 is 11.9 Å². The maximum absolute atomic E-state index is 12.0. The monoisotopic (exact) mass is 255 g/mol. The lowest BCUT2D eigenvalue weighted by Crippen LogP contribution is -2.41. The zero-order chi connectivity index (χ0) is 14.6. The maximum atomic E-state index is 12.0. The molecule has 104 valence electrons. The largest absolute Gasteiger partial charge is 0.478 e. The number of carbonyl (C=O) groups excluding carboxylic acids is 1. The predicted octanol–water partition coefficient (Wildman–Crippen LogP) is 2.55. The summed E-state index contributed by atoms with van der Waals surface area (Å²) in [6.45, 7) is 13.5. The summed E-state index contributed by atoms with van der Waals surface area (Å²) in [6, 6.07) is 0. The van der Waals surface area contributed by atoms with Gasteiger partial charge in [0.2, 0.25) is 5.91 Å². The quantitative estimate of drug-likeness (QED) is 0.785. The summed E-state index contributed by atoms with van der Waals surface area (Å²) in [5.41, 5.74) is -0.0318. The summed E-state index contributed by atoms with van der Waals surface area (Å²) in [7, 11) is 0. The molecule has 0 saturated carbocycles. The molecule has 0 radical (unpaired) electrons. The first kappa shape index (κ1) is 16.7. The first-order valence-electron chi connectivity index (χ1n) is 6.11. The average Bonchev–Trinajstić information content (AvgIpc) is 2.08. The van der Waals surface area contributed by atoms with E-state index in [1.54, 1.807) is 4.90 Å². The Morgan fingerprint density at radius 1 is 0.944 bits per heavy atom. The van der Waals surface area contributed by atoms with Gasteiger partial charge in [-0.25, -0.2) is 4.79 Å². The highest BCUT2D eigenvalue weighted by molar-refractivity contribution is 5.93. The third-order valence-corrected chi connectivity index (χ3v) is 2.01. The molecule has 18 heavy (non-hydrogen) atoms. The third kappa shape index (κ3) is 8.79. The van der Waals surface area contributed by atoms with Crippen molar-refractivity contribution in [3.8, 4) is 0 Å². The Balaban J connectivity index is 4.86. The second kappa shape index (κ2) is 6.03. The summed E-state index contributed by atoms with van der Waals surface area (Å²) in [4.78, 5) is 24.1. The fraction of sp³-hybridized carbons (Fsp3) is 0.714. The zero-order valence-electron chi connectivity index (χ0n) is 12.3. The molecule has 1 N–H and O–H groups in total. The van der Waals surface area contributed by atoms with Crippen molar-refractivity contribution in [3.05, 3.63) is 12.2 Å². The summed E-state index contributed by atoms with van der Waals surface area (Å²) in [5.74, 6) is -1.35. The van der Waals surface area contributed by atoms with Crippen LogP contribution in [0.2, 0.25) is 0 Å². The van der Waals surface area contributed by atoms with Crippen LogP contribution in [0.4, 0.5) is 0 Å². The number of rotatable bonds is 4. The number of hydrogen-bond acceptors (Lipinski definition) is 2. The lowest BCUT2D eigenvalue weighted by atomic mass is 9.92. The molecule has 0 aromatic rings. The third-order valence-electron chi connectivity index (χ3n) is 2.01. The van der Waals surface area contributed by atoms with Gasteiger partial charge >= 0.3 is 5.97 Å². The van der Waals surface area contributed by atoms with Gasteiger partial charge < -0.3 is 10.0 Å². The normalized spacial score (nSPS) is 12.8. The lowest BCUT2D eigenvalue weighted by Gasteiger charge is -2.34. The molecular formula is C14H25NO3. The SMILES string of the molecule is CC(C)(C)CN(CC(C)(C)C)C(=O)/C=C\C(=O)O. The van der Waals surface area contributed by atoms with Crippen molar-refractivity contribution in [1.82, 2.24) is 4.90 Å². The molecular weight excluding hydrogens is 230 g/mol. The molecule has 0 aliphatic heterocycles. The van der Waals surface area contributed by atoms with Crippen LogP contribution in [0, 0.1) is 10.8 Å². The van der Waals surface area contributed by atoms with E-state index in [9.17, 15) is 9.59 Å². The van der Waals surface area contributed by atoms with Crippen molar-refractivity contribution in [3.63, 3.8) is 0 Å². The molecule has 0 fully saturated rings. The minimum Gasteiger partial charge on any atom is -0.478 e. The Morgan fingerprint density at radius 3 is 1.61 bits per heavy atom. The standard InChI is InChI=1S/C14H25NO3/c1-13(2,3)9-15(10-14(4,5)6)11(16)7-8-12(17)18/h7-8H,9-10H2,1-6H3,(H,17,18)/b8-7-. The second-order valence-electron chi connectivity index (χ2n) is 6.99. The Morgan fingerprint density at radius 2 is 1.33 bits per heavy atom. The van der Waals surface area contributed by atoms with E-state index in [1.807, 2.05) is 0 Å². The van der Waals surface area contributed by atoms with E-state index >= 15 is 0 Å². The van der Waals surface area contributed by atoms with Gasteiger partial charge in [0.05, 0.1) is 0 Å². The molecule has 0 spiro atoms. The number of carboxylic acid groups (broad SMARTS) is 1. The fourth-order valence-corrected chi connectivity index (χ4v) is 1.60. The molecule has 0 unspecified atom stereocenters.